The molecule has 2 aliphatic heterocycles. The fourth-order valence-corrected chi connectivity index (χ4v) is 6.23. The molecule has 2 fully saturated rings. The van der Waals surface area contributed by atoms with Gasteiger partial charge in [-0.3, -0.25) is 9.69 Å². The lowest BCUT2D eigenvalue weighted by Crippen LogP contribution is -2.39. The van der Waals surface area contributed by atoms with E-state index < -0.39 is 18.0 Å². The highest BCUT2D eigenvalue weighted by Crippen LogP contribution is 2.36. The van der Waals surface area contributed by atoms with Gasteiger partial charge in [0.25, 0.3) is 5.91 Å². The number of hydrogen-bond acceptors (Lipinski definition) is 7. The van der Waals surface area contributed by atoms with Gasteiger partial charge in [-0.2, -0.15) is 0 Å². The second-order valence-electron chi connectivity index (χ2n) is 12.8. The quantitative estimate of drug-likeness (QED) is 0.145. The normalized spacial score (nSPS) is 16.0. The standard InChI is InChI=1S/C40H44FN3O6/c1-4-42(24-32-25-44(40(46)50-32)31-15-16-36(35(41)21-31)43-17-19-47-20-18-43)39(45)34-22-33(28(2)3)37(48-26-29-11-7-5-8-12-29)23-38(34)49-27-30-13-9-6-10-14-30/h5-16,21-23,28,32H,4,17-20,24-27H2,1-3H3/t32-/m0/s1. The molecule has 0 unspecified atom stereocenters. The summed E-state index contributed by atoms with van der Waals surface area (Å²) >= 11 is 0. The molecule has 2 aliphatic rings. The first-order valence-corrected chi connectivity index (χ1v) is 17.2. The van der Waals surface area contributed by atoms with E-state index in [2.05, 4.69) is 13.8 Å². The summed E-state index contributed by atoms with van der Waals surface area (Å²) in [4.78, 5) is 32.3. The minimum absolute atomic E-state index is 0.0601. The van der Waals surface area contributed by atoms with Crippen molar-refractivity contribution in [3.63, 3.8) is 0 Å². The number of nitrogens with zero attached hydrogens (tertiary/aromatic N) is 3. The van der Waals surface area contributed by atoms with Gasteiger partial charge in [-0.25, -0.2) is 9.18 Å². The summed E-state index contributed by atoms with van der Waals surface area (Å²) in [6, 6.07) is 28.1. The maximum Gasteiger partial charge on any atom is 0.414 e. The first-order chi connectivity index (χ1) is 24.3. The van der Waals surface area contributed by atoms with Crippen molar-refractivity contribution in [1.82, 2.24) is 4.90 Å². The SMILES string of the molecule is CCN(C[C@H]1CN(c2ccc(N3CCOCC3)c(F)c2)C(=O)O1)C(=O)c1cc(C(C)C)c(OCc2ccccc2)cc1OCc1ccccc1. The molecular weight excluding hydrogens is 637 g/mol. The molecule has 2 amide bonds. The third-order valence-electron chi connectivity index (χ3n) is 9.00. The Hall–Kier alpha value is -5.09. The molecule has 262 valence electrons. The third-order valence-corrected chi connectivity index (χ3v) is 9.00. The van der Waals surface area contributed by atoms with Crippen LogP contribution in [0.5, 0.6) is 11.5 Å². The van der Waals surface area contributed by atoms with Gasteiger partial charge in [-0.05, 0) is 53.8 Å². The van der Waals surface area contributed by atoms with E-state index in [4.69, 9.17) is 18.9 Å². The second-order valence-corrected chi connectivity index (χ2v) is 12.8. The van der Waals surface area contributed by atoms with Gasteiger partial charge in [0.1, 0.15) is 36.6 Å². The highest BCUT2D eigenvalue weighted by Gasteiger charge is 2.35. The van der Waals surface area contributed by atoms with Crippen molar-refractivity contribution in [2.75, 3.05) is 55.7 Å². The van der Waals surface area contributed by atoms with Crippen molar-refractivity contribution in [3.05, 3.63) is 119 Å². The number of likely N-dealkylation sites (N-methyl/N-ethyl adjacent to an activating group) is 1. The molecule has 0 bridgehead atoms. The van der Waals surface area contributed by atoms with E-state index >= 15 is 4.39 Å². The third kappa shape index (κ3) is 8.19. The maximum atomic E-state index is 15.2. The Morgan fingerprint density at radius 2 is 1.54 bits per heavy atom. The number of rotatable bonds is 13. The van der Waals surface area contributed by atoms with Crippen molar-refractivity contribution in [2.45, 2.75) is 46.0 Å². The Morgan fingerprint density at radius 3 is 2.14 bits per heavy atom. The molecule has 0 spiro atoms. The van der Waals surface area contributed by atoms with Crippen molar-refractivity contribution in [1.29, 1.82) is 0 Å². The van der Waals surface area contributed by atoms with Crippen LogP contribution in [0.25, 0.3) is 0 Å². The van der Waals surface area contributed by atoms with Gasteiger partial charge in [0.2, 0.25) is 0 Å². The molecule has 10 heteroatoms. The molecule has 1 atom stereocenters. The molecule has 0 saturated carbocycles. The van der Waals surface area contributed by atoms with Crippen LogP contribution in [0.1, 0.15) is 53.7 Å². The monoisotopic (exact) mass is 681 g/mol. The number of ether oxygens (including phenoxy) is 4. The average molecular weight is 682 g/mol. The molecule has 0 N–H and O–H groups in total. The molecule has 4 aromatic rings. The van der Waals surface area contributed by atoms with E-state index in [0.717, 1.165) is 16.7 Å². The second kappa shape index (κ2) is 16.1. The Balaban J connectivity index is 1.21. The number of amides is 2. The molecule has 2 saturated heterocycles. The summed E-state index contributed by atoms with van der Waals surface area (Å²) in [6.07, 6.45) is -1.19. The molecular formula is C40H44FN3O6. The van der Waals surface area contributed by atoms with Gasteiger partial charge in [0.05, 0.1) is 43.2 Å². The van der Waals surface area contributed by atoms with Gasteiger partial charge >= 0.3 is 6.09 Å². The Bertz CT molecular complexity index is 1760. The van der Waals surface area contributed by atoms with Gasteiger partial charge in [-0.1, -0.05) is 74.5 Å². The van der Waals surface area contributed by atoms with Crippen LogP contribution in [-0.2, 0) is 22.7 Å². The Kier molecular flexibility index (Phi) is 11.2. The lowest BCUT2D eigenvalue weighted by atomic mass is 9.98. The number of halogens is 1. The summed E-state index contributed by atoms with van der Waals surface area (Å²) in [5.74, 6) is 0.461. The van der Waals surface area contributed by atoms with Gasteiger partial charge in [0, 0.05) is 25.7 Å². The molecule has 0 aliphatic carbocycles. The summed E-state index contributed by atoms with van der Waals surface area (Å²) in [5, 5.41) is 0. The van der Waals surface area contributed by atoms with E-state index in [1.807, 2.05) is 84.6 Å². The van der Waals surface area contributed by atoms with Crippen LogP contribution in [0.2, 0.25) is 0 Å². The predicted octanol–water partition coefficient (Wildman–Crippen LogP) is 7.43. The maximum absolute atomic E-state index is 15.2. The molecule has 0 radical (unpaired) electrons. The van der Waals surface area contributed by atoms with Crippen LogP contribution in [0.4, 0.5) is 20.6 Å². The molecule has 6 rings (SSSR count). The van der Waals surface area contributed by atoms with Crippen molar-refractivity contribution in [3.8, 4) is 11.5 Å². The zero-order valence-corrected chi connectivity index (χ0v) is 28.8. The van der Waals surface area contributed by atoms with Gasteiger partial charge in [0.15, 0.2) is 0 Å². The minimum Gasteiger partial charge on any atom is -0.488 e. The molecule has 50 heavy (non-hydrogen) atoms. The number of hydrogen-bond donors (Lipinski definition) is 0. The average Bonchev–Trinajstić information content (AvgIpc) is 3.52. The van der Waals surface area contributed by atoms with E-state index in [9.17, 15) is 9.59 Å². The van der Waals surface area contributed by atoms with E-state index in [1.165, 1.54) is 11.0 Å². The van der Waals surface area contributed by atoms with E-state index in [0.29, 0.717) is 67.9 Å². The van der Waals surface area contributed by atoms with Gasteiger partial charge < -0.3 is 28.7 Å². The zero-order valence-electron chi connectivity index (χ0n) is 28.8. The molecule has 4 aromatic carbocycles. The van der Waals surface area contributed by atoms with Crippen LogP contribution in [0.3, 0.4) is 0 Å². The predicted molar refractivity (Wildman–Crippen MR) is 191 cm³/mol. The van der Waals surface area contributed by atoms with E-state index in [-0.39, 0.29) is 31.5 Å². The van der Waals surface area contributed by atoms with Crippen molar-refractivity contribution < 1.29 is 32.9 Å². The lowest BCUT2D eigenvalue weighted by Gasteiger charge is -2.29. The van der Waals surface area contributed by atoms with Crippen molar-refractivity contribution in [2.24, 2.45) is 0 Å². The highest BCUT2D eigenvalue weighted by atomic mass is 19.1. The van der Waals surface area contributed by atoms with Crippen molar-refractivity contribution >= 4 is 23.4 Å². The summed E-state index contributed by atoms with van der Waals surface area (Å²) in [6.45, 7) is 9.64. The Morgan fingerprint density at radius 1 is 0.900 bits per heavy atom. The fourth-order valence-electron chi connectivity index (χ4n) is 6.23. The Labute approximate surface area is 293 Å². The number of benzene rings is 4. The number of cyclic esters (lactones) is 1. The first-order valence-electron chi connectivity index (χ1n) is 17.2. The highest BCUT2D eigenvalue weighted by molar-refractivity contribution is 5.98. The summed E-state index contributed by atoms with van der Waals surface area (Å²) in [5.41, 5.74) is 4.17. The number of carbonyl (C=O) groups excluding carboxylic acids is 2. The topological polar surface area (TPSA) is 80.8 Å². The molecule has 2 heterocycles. The van der Waals surface area contributed by atoms with Crippen LogP contribution in [-0.4, -0.2) is 68.9 Å². The van der Waals surface area contributed by atoms with E-state index in [1.54, 1.807) is 17.0 Å². The first kappa shape index (κ1) is 34.8. The number of anilines is 2. The number of morpholine rings is 1. The number of carbonyl (C=O) groups is 2. The smallest absolute Gasteiger partial charge is 0.414 e. The largest absolute Gasteiger partial charge is 0.488 e. The van der Waals surface area contributed by atoms with Crippen LogP contribution in [0, 0.1) is 5.82 Å². The van der Waals surface area contributed by atoms with Gasteiger partial charge in [-0.15, -0.1) is 0 Å². The van der Waals surface area contributed by atoms with Crippen LogP contribution < -0.4 is 19.3 Å². The fraction of sp³-hybridized carbons (Fsp3) is 0.350. The summed E-state index contributed by atoms with van der Waals surface area (Å²) < 4.78 is 38.9. The van der Waals surface area contributed by atoms with Crippen LogP contribution in [0.15, 0.2) is 91.0 Å². The minimum atomic E-state index is -0.611. The summed E-state index contributed by atoms with van der Waals surface area (Å²) in [7, 11) is 0. The molecule has 0 aromatic heterocycles. The molecule has 9 nitrogen and oxygen atoms in total. The zero-order chi connectivity index (χ0) is 35.0. The van der Waals surface area contributed by atoms with Crippen LogP contribution >= 0.6 is 0 Å². The lowest BCUT2D eigenvalue weighted by molar-refractivity contribution is 0.0647.